The highest BCUT2D eigenvalue weighted by molar-refractivity contribution is 4.72. The predicted molar refractivity (Wildman–Crippen MR) is 58.9 cm³/mol. The van der Waals surface area contributed by atoms with Crippen LogP contribution < -0.4 is 0 Å². The Morgan fingerprint density at radius 1 is 1.31 bits per heavy atom. The van der Waals surface area contributed by atoms with Crippen molar-refractivity contribution >= 4 is 0 Å². The van der Waals surface area contributed by atoms with Crippen molar-refractivity contribution in [2.24, 2.45) is 11.8 Å². The van der Waals surface area contributed by atoms with Gasteiger partial charge in [0.1, 0.15) is 0 Å². The van der Waals surface area contributed by atoms with Gasteiger partial charge in [0, 0.05) is 6.54 Å². The molecule has 0 spiro atoms. The summed E-state index contributed by atoms with van der Waals surface area (Å²) >= 11 is 0. The zero-order valence-corrected chi connectivity index (χ0v) is 9.55. The average Bonchev–Trinajstić information content (AvgIpc) is 2.45. The van der Waals surface area contributed by atoms with Crippen molar-refractivity contribution in [3.8, 4) is 0 Å². The molecule has 0 aromatic heterocycles. The Balaban J connectivity index is 1.94. The molecule has 1 fully saturated rings. The van der Waals surface area contributed by atoms with Crippen LogP contribution in [0.3, 0.4) is 0 Å². The lowest BCUT2D eigenvalue weighted by Crippen LogP contribution is -2.13. The van der Waals surface area contributed by atoms with Crippen LogP contribution in [0.5, 0.6) is 0 Å². The largest absolute Gasteiger partial charge is 0.306 e. The maximum Gasteiger partial charge on any atom is 0.000708 e. The monoisotopic (exact) mass is 183 g/mol. The second-order valence-electron chi connectivity index (χ2n) is 5.10. The molecule has 0 bridgehead atoms. The normalized spacial score (nSPS) is 24.5. The van der Waals surface area contributed by atoms with Gasteiger partial charge in [-0.3, -0.25) is 0 Å². The molecule has 0 radical (unpaired) electrons. The summed E-state index contributed by atoms with van der Waals surface area (Å²) in [5.74, 6) is 1.91. The van der Waals surface area contributed by atoms with Crippen LogP contribution in [0, 0.1) is 11.8 Å². The molecule has 1 nitrogen and oxygen atoms in total. The lowest BCUT2D eigenvalue weighted by molar-refractivity contribution is 0.380. The summed E-state index contributed by atoms with van der Waals surface area (Å²) in [4.78, 5) is 2.47. The van der Waals surface area contributed by atoms with Gasteiger partial charge in [0.05, 0.1) is 0 Å². The van der Waals surface area contributed by atoms with E-state index in [0.717, 1.165) is 11.8 Å². The molecule has 1 heterocycles. The first kappa shape index (κ1) is 11.0. The number of likely N-dealkylation sites (tertiary alicyclic amines) is 1. The van der Waals surface area contributed by atoms with Crippen molar-refractivity contribution in [1.29, 1.82) is 0 Å². The first-order valence-corrected chi connectivity index (χ1v) is 5.87. The van der Waals surface area contributed by atoms with Crippen molar-refractivity contribution in [3.63, 3.8) is 0 Å². The standard InChI is InChI=1S/C12H25N/c1-11(2)6-4-5-7-12-8-9-13(3)10-12/h11-12H,4-10H2,1-3H3. The summed E-state index contributed by atoms with van der Waals surface area (Å²) in [5.41, 5.74) is 0. The Labute approximate surface area is 83.5 Å². The van der Waals surface area contributed by atoms with Gasteiger partial charge in [0.25, 0.3) is 0 Å². The van der Waals surface area contributed by atoms with Gasteiger partial charge < -0.3 is 4.90 Å². The fourth-order valence-electron chi connectivity index (χ4n) is 2.25. The Bertz CT molecular complexity index is 131. The third kappa shape index (κ3) is 4.66. The van der Waals surface area contributed by atoms with Crippen LogP contribution in [0.1, 0.15) is 46.0 Å². The second-order valence-corrected chi connectivity index (χ2v) is 5.10. The van der Waals surface area contributed by atoms with Crippen molar-refractivity contribution in [1.82, 2.24) is 4.90 Å². The summed E-state index contributed by atoms with van der Waals surface area (Å²) in [7, 11) is 2.24. The van der Waals surface area contributed by atoms with Gasteiger partial charge in [0.15, 0.2) is 0 Å². The molecular formula is C12H25N. The molecule has 0 N–H and O–H groups in total. The van der Waals surface area contributed by atoms with Crippen LogP contribution in [0.2, 0.25) is 0 Å². The molecule has 1 unspecified atom stereocenters. The maximum absolute atomic E-state index is 2.47. The van der Waals surface area contributed by atoms with E-state index in [1.54, 1.807) is 0 Å². The van der Waals surface area contributed by atoms with Crippen molar-refractivity contribution in [2.45, 2.75) is 46.0 Å². The minimum Gasteiger partial charge on any atom is -0.306 e. The highest BCUT2D eigenvalue weighted by atomic mass is 15.1. The molecule has 0 amide bonds. The van der Waals surface area contributed by atoms with E-state index < -0.39 is 0 Å². The van der Waals surface area contributed by atoms with E-state index >= 15 is 0 Å². The molecule has 1 saturated heterocycles. The molecule has 13 heavy (non-hydrogen) atoms. The zero-order valence-electron chi connectivity index (χ0n) is 9.55. The van der Waals surface area contributed by atoms with Crippen molar-refractivity contribution in [3.05, 3.63) is 0 Å². The van der Waals surface area contributed by atoms with Crippen LogP contribution in [0.15, 0.2) is 0 Å². The first-order valence-electron chi connectivity index (χ1n) is 5.87. The van der Waals surface area contributed by atoms with E-state index in [9.17, 15) is 0 Å². The highest BCUT2D eigenvalue weighted by Crippen LogP contribution is 2.21. The molecular weight excluding hydrogens is 158 g/mol. The predicted octanol–water partition coefficient (Wildman–Crippen LogP) is 3.15. The molecule has 1 heteroatoms. The van der Waals surface area contributed by atoms with E-state index in [1.165, 1.54) is 45.2 Å². The smallest absolute Gasteiger partial charge is 0.000708 e. The molecule has 0 aromatic rings. The Morgan fingerprint density at radius 3 is 2.62 bits per heavy atom. The molecule has 1 rings (SSSR count). The summed E-state index contributed by atoms with van der Waals surface area (Å²) in [5, 5.41) is 0. The van der Waals surface area contributed by atoms with Gasteiger partial charge >= 0.3 is 0 Å². The Morgan fingerprint density at radius 2 is 2.08 bits per heavy atom. The Kier molecular flexibility index (Phi) is 4.79. The minimum absolute atomic E-state index is 0.895. The number of unbranched alkanes of at least 4 members (excludes halogenated alkanes) is 1. The number of rotatable bonds is 5. The number of hydrogen-bond donors (Lipinski definition) is 0. The fourth-order valence-corrected chi connectivity index (χ4v) is 2.25. The second kappa shape index (κ2) is 5.64. The molecule has 0 aliphatic carbocycles. The van der Waals surface area contributed by atoms with Gasteiger partial charge in [-0.05, 0) is 38.3 Å². The van der Waals surface area contributed by atoms with Crippen LogP contribution >= 0.6 is 0 Å². The topological polar surface area (TPSA) is 3.24 Å². The van der Waals surface area contributed by atoms with E-state index in [-0.39, 0.29) is 0 Å². The van der Waals surface area contributed by atoms with Gasteiger partial charge in [-0.1, -0.05) is 33.1 Å². The maximum atomic E-state index is 2.47. The Hall–Kier alpha value is -0.0400. The van der Waals surface area contributed by atoms with Gasteiger partial charge in [0.2, 0.25) is 0 Å². The van der Waals surface area contributed by atoms with Crippen LogP contribution in [-0.4, -0.2) is 25.0 Å². The lowest BCUT2D eigenvalue weighted by atomic mass is 9.98. The minimum atomic E-state index is 0.895. The quantitative estimate of drug-likeness (QED) is 0.592. The molecule has 1 aliphatic heterocycles. The van der Waals surface area contributed by atoms with Crippen LogP contribution in [-0.2, 0) is 0 Å². The average molecular weight is 183 g/mol. The fraction of sp³-hybridized carbons (Fsp3) is 1.00. The van der Waals surface area contributed by atoms with Crippen LogP contribution in [0.25, 0.3) is 0 Å². The highest BCUT2D eigenvalue weighted by Gasteiger charge is 2.18. The number of hydrogen-bond acceptors (Lipinski definition) is 1. The summed E-state index contributed by atoms with van der Waals surface area (Å²) in [6.45, 7) is 7.32. The van der Waals surface area contributed by atoms with Gasteiger partial charge in [-0.15, -0.1) is 0 Å². The summed E-state index contributed by atoms with van der Waals surface area (Å²) in [6.07, 6.45) is 7.23. The summed E-state index contributed by atoms with van der Waals surface area (Å²) in [6, 6.07) is 0. The van der Waals surface area contributed by atoms with E-state index in [2.05, 4.69) is 25.8 Å². The molecule has 78 valence electrons. The van der Waals surface area contributed by atoms with Crippen molar-refractivity contribution < 1.29 is 0 Å². The summed E-state index contributed by atoms with van der Waals surface area (Å²) < 4.78 is 0. The van der Waals surface area contributed by atoms with Gasteiger partial charge in [-0.25, -0.2) is 0 Å². The number of nitrogens with zero attached hydrogens (tertiary/aromatic N) is 1. The molecule has 0 saturated carbocycles. The molecule has 0 aromatic carbocycles. The molecule has 1 atom stereocenters. The van der Waals surface area contributed by atoms with E-state index in [4.69, 9.17) is 0 Å². The van der Waals surface area contributed by atoms with Crippen molar-refractivity contribution in [2.75, 3.05) is 20.1 Å². The molecule has 1 aliphatic rings. The van der Waals surface area contributed by atoms with E-state index in [1.807, 2.05) is 0 Å². The van der Waals surface area contributed by atoms with Gasteiger partial charge in [-0.2, -0.15) is 0 Å². The lowest BCUT2D eigenvalue weighted by Gasteiger charge is -2.10. The third-order valence-corrected chi connectivity index (χ3v) is 3.13. The third-order valence-electron chi connectivity index (χ3n) is 3.13. The van der Waals surface area contributed by atoms with Crippen LogP contribution in [0.4, 0.5) is 0 Å². The van der Waals surface area contributed by atoms with E-state index in [0.29, 0.717) is 0 Å². The first-order chi connectivity index (χ1) is 6.18. The zero-order chi connectivity index (χ0) is 9.68. The SMILES string of the molecule is CC(C)CCCCC1CCN(C)C1.